The Balaban J connectivity index is 2.56. The Labute approximate surface area is 154 Å². The molecule has 142 valence electrons. The van der Waals surface area contributed by atoms with Gasteiger partial charge >= 0.3 is 17.6 Å². The number of carbonyl (C=O) groups is 2. The van der Waals surface area contributed by atoms with Gasteiger partial charge in [-0.15, -0.1) is 0 Å². The van der Waals surface area contributed by atoms with Crippen molar-refractivity contribution in [2.45, 2.75) is 11.6 Å². The second-order valence-corrected chi connectivity index (χ2v) is 5.63. The maximum absolute atomic E-state index is 15.6. The van der Waals surface area contributed by atoms with E-state index in [0.29, 0.717) is 5.56 Å². The lowest BCUT2D eigenvalue weighted by Crippen LogP contribution is -2.48. The first-order valence-corrected chi connectivity index (χ1v) is 7.88. The molecule has 0 bridgehead atoms. The molecule has 0 aliphatic carbocycles. The van der Waals surface area contributed by atoms with Gasteiger partial charge in [0.2, 0.25) is 0 Å². The van der Waals surface area contributed by atoms with Crippen LogP contribution in [0.2, 0.25) is 0 Å². The Morgan fingerprint density at radius 3 is 1.78 bits per heavy atom. The third-order valence-corrected chi connectivity index (χ3v) is 3.97. The third kappa shape index (κ3) is 4.36. The molecule has 0 amide bonds. The minimum atomic E-state index is -3.20. The Morgan fingerprint density at radius 1 is 0.889 bits per heavy atom. The lowest BCUT2D eigenvalue weighted by Gasteiger charge is -2.27. The zero-order chi connectivity index (χ0) is 20.0. The Kier molecular flexibility index (Phi) is 6.39. The number of esters is 2. The number of carbonyl (C=O) groups excluding carboxylic acids is 2. The molecule has 0 aliphatic heterocycles. The van der Waals surface area contributed by atoms with Gasteiger partial charge in [-0.2, -0.15) is 0 Å². The van der Waals surface area contributed by atoms with Crippen LogP contribution in [0, 0.1) is 11.6 Å². The van der Waals surface area contributed by atoms with Crippen molar-refractivity contribution in [3.05, 3.63) is 77.4 Å². The van der Waals surface area contributed by atoms with Gasteiger partial charge in [0.25, 0.3) is 0 Å². The highest BCUT2D eigenvalue weighted by Gasteiger charge is 2.55. The average molecular weight is 378 g/mol. The fourth-order valence-electron chi connectivity index (χ4n) is 2.56. The molecule has 0 heterocycles. The normalized spacial score (nSPS) is 12.6. The van der Waals surface area contributed by atoms with E-state index in [4.69, 9.17) is 0 Å². The number of rotatable bonds is 6. The number of allylic oxidation sites excluding steroid dienone is 1. The van der Waals surface area contributed by atoms with Gasteiger partial charge in [0.05, 0.1) is 20.1 Å². The fraction of sp³-hybridized carbons (Fsp3) is 0.200. The van der Waals surface area contributed by atoms with E-state index >= 15 is 4.39 Å². The zero-order valence-corrected chi connectivity index (χ0v) is 14.6. The van der Waals surface area contributed by atoms with Crippen LogP contribution in [0.15, 0.2) is 54.6 Å². The van der Waals surface area contributed by atoms with E-state index in [1.54, 1.807) is 0 Å². The molecule has 0 spiro atoms. The number of benzene rings is 2. The molecule has 2 rings (SSSR count). The van der Waals surface area contributed by atoms with E-state index in [0.717, 1.165) is 26.4 Å². The summed E-state index contributed by atoms with van der Waals surface area (Å²) in [6, 6.07) is 9.91. The maximum Gasteiger partial charge on any atom is 0.356 e. The molecular formula is C20H17F3O4. The van der Waals surface area contributed by atoms with Crippen LogP contribution in [0.25, 0.3) is 6.08 Å². The molecule has 2 aromatic rings. The van der Waals surface area contributed by atoms with E-state index in [1.165, 1.54) is 48.6 Å². The number of halogens is 3. The van der Waals surface area contributed by atoms with Crippen LogP contribution in [0.4, 0.5) is 13.2 Å². The van der Waals surface area contributed by atoms with Crippen molar-refractivity contribution in [1.82, 2.24) is 0 Å². The number of alkyl halides is 1. The zero-order valence-electron chi connectivity index (χ0n) is 14.6. The van der Waals surface area contributed by atoms with Gasteiger partial charge in [-0.05, 0) is 35.4 Å². The lowest BCUT2D eigenvalue weighted by atomic mass is 9.82. The van der Waals surface area contributed by atoms with E-state index < -0.39 is 35.2 Å². The van der Waals surface area contributed by atoms with Gasteiger partial charge in [-0.25, -0.2) is 22.8 Å². The summed E-state index contributed by atoms with van der Waals surface area (Å²) >= 11 is 0. The van der Waals surface area contributed by atoms with E-state index in [1.807, 2.05) is 0 Å². The van der Waals surface area contributed by atoms with Gasteiger partial charge in [0.1, 0.15) is 11.6 Å². The molecule has 1 atom stereocenters. The first-order chi connectivity index (χ1) is 12.8. The quantitative estimate of drug-likeness (QED) is 0.567. The van der Waals surface area contributed by atoms with Gasteiger partial charge in [-0.3, -0.25) is 0 Å². The molecule has 0 N–H and O–H groups in total. The smallest absolute Gasteiger partial charge is 0.356 e. The predicted octanol–water partition coefficient (Wildman–Crippen LogP) is 3.82. The standard InChI is InChI=1S/C20H17F3O4/c1-26-18(24)20(23,19(25)27-2)17(14-6-10-16(22)11-7-14)12-5-13-3-8-15(21)9-4-13/h3-12,17H,1-2H3/b12-5+/t17-/m0/s1. The van der Waals surface area contributed by atoms with Crippen LogP contribution in [-0.2, 0) is 19.1 Å². The molecular weight excluding hydrogens is 361 g/mol. The molecule has 4 nitrogen and oxygen atoms in total. The SMILES string of the molecule is COC(=O)C(F)(C(=O)OC)[C@@H](/C=C/c1ccc(F)cc1)c1ccc(F)cc1. The van der Waals surface area contributed by atoms with Crippen molar-refractivity contribution in [2.24, 2.45) is 0 Å². The summed E-state index contributed by atoms with van der Waals surface area (Å²) in [5.74, 6) is -5.39. The van der Waals surface area contributed by atoms with Crippen LogP contribution in [0.1, 0.15) is 17.0 Å². The molecule has 7 heteroatoms. The molecule has 2 aromatic carbocycles. The van der Waals surface area contributed by atoms with Crippen molar-refractivity contribution in [2.75, 3.05) is 14.2 Å². The molecule has 0 saturated heterocycles. The number of hydrogen-bond acceptors (Lipinski definition) is 4. The first-order valence-electron chi connectivity index (χ1n) is 7.88. The van der Waals surface area contributed by atoms with Gasteiger partial charge in [0.15, 0.2) is 0 Å². The van der Waals surface area contributed by atoms with Gasteiger partial charge in [-0.1, -0.05) is 36.4 Å². The lowest BCUT2D eigenvalue weighted by molar-refractivity contribution is -0.172. The summed E-state index contributed by atoms with van der Waals surface area (Å²) in [5.41, 5.74) is -2.55. The summed E-state index contributed by atoms with van der Waals surface area (Å²) < 4.78 is 50.9. The average Bonchev–Trinajstić information content (AvgIpc) is 2.69. The fourth-order valence-corrected chi connectivity index (χ4v) is 2.56. The third-order valence-electron chi connectivity index (χ3n) is 3.97. The number of methoxy groups -OCH3 is 2. The number of hydrogen-bond donors (Lipinski definition) is 0. The van der Waals surface area contributed by atoms with Crippen molar-refractivity contribution < 1.29 is 32.2 Å². The highest BCUT2D eigenvalue weighted by Crippen LogP contribution is 2.36. The van der Waals surface area contributed by atoms with Crippen LogP contribution in [-0.4, -0.2) is 31.8 Å². The molecule has 0 aromatic heterocycles. The van der Waals surface area contributed by atoms with Crippen LogP contribution >= 0.6 is 0 Å². The molecule has 0 saturated carbocycles. The second kappa shape index (κ2) is 8.53. The van der Waals surface area contributed by atoms with Crippen molar-refractivity contribution >= 4 is 18.0 Å². The summed E-state index contributed by atoms with van der Waals surface area (Å²) in [6.07, 6.45) is 2.65. The summed E-state index contributed by atoms with van der Waals surface area (Å²) in [6.45, 7) is 0. The maximum atomic E-state index is 15.6. The van der Waals surface area contributed by atoms with Crippen molar-refractivity contribution in [3.8, 4) is 0 Å². The summed E-state index contributed by atoms with van der Waals surface area (Å²) in [7, 11) is 1.87. The van der Waals surface area contributed by atoms with Crippen molar-refractivity contribution in [1.29, 1.82) is 0 Å². The van der Waals surface area contributed by atoms with E-state index in [-0.39, 0.29) is 5.56 Å². The van der Waals surface area contributed by atoms with Crippen LogP contribution in [0.3, 0.4) is 0 Å². The minimum Gasteiger partial charge on any atom is -0.466 e. The minimum absolute atomic E-state index is 0.146. The van der Waals surface area contributed by atoms with Crippen LogP contribution < -0.4 is 0 Å². The second-order valence-electron chi connectivity index (χ2n) is 5.63. The summed E-state index contributed by atoms with van der Waals surface area (Å²) in [5, 5.41) is 0. The largest absolute Gasteiger partial charge is 0.466 e. The van der Waals surface area contributed by atoms with Crippen LogP contribution in [0.5, 0.6) is 0 Å². The molecule has 0 fully saturated rings. The molecule has 27 heavy (non-hydrogen) atoms. The monoisotopic (exact) mass is 378 g/mol. The Bertz CT molecular complexity index is 813. The molecule has 0 unspecified atom stereocenters. The highest BCUT2D eigenvalue weighted by molar-refractivity contribution is 6.05. The van der Waals surface area contributed by atoms with E-state index in [2.05, 4.69) is 9.47 Å². The first kappa shape index (κ1) is 20.2. The molecule has 0 radical (unpaired) electrons. The Hall–Kier alpha value is -3.09. The molecule has 0 aliphatic rings. The highest BCUT2D eigenvalue weighted by atomic mass is 19.1. The number of ether oxygens (including phenoxy) is 2. The van der Waals surface area contributed by atoms with E-state index in [9.17, 15) is 18.4 Å². The predicted molar refractivity (Wildman–Crippen MR) is 92.4 cm³/mol. The Morgan fingerprint density at radius 2 is 1.33 bits per heavy atom. The topological polar surface area (TPSA) is 52.6 Å². The van der Waals surface area contributed by atoms with Gasteiger partial charge in [0, 0.05) is 0 Å². The van der Waals surface area contributed by atoms with Crippen molar-refractivity contribution in [3.63, 3.8) is 0 Å². The van der Waals surface area contributed by atoms with Gasteiger partial charge < -0.3 is 9.47 Å². The summed E-state index contributed by atoms with van der Waals surface area (Å²) in [4.78, 5) is 24.2.